The maximum absolute atomic E-state index is 6.38. The molecule has 0 saturated carbocycles. The third-order valence-electron chi connectivity index (χ3n) is 2.94. The number of hydrogen-bond donors (Lipinski definition) is 0. The Bertz CT molecular complexity index is 681. The van der Waals surface area contributed by atoms with Gasteiger partial charge in [0.25, 0.3) is 0 Å². The molecular weight excluding hydrogens is 379 g/mol. The quantitative estimate of drug-likeness (QED) is 0.702. The number of nitrogens with zero attached hydrogens (tertiary/aromatic N) is 2. The summed E-state index contributed by atoms with van der Waals surface area (Å²) in [6, 6.07) is 3.54. The Kier molecular flexibility index (Phi) is 5.30. The number of rotatable bonds is 4. The molecule has 21 heavy (non-hydrogen) atoms. The fourth-order valence-electron chi connectivity index (χ4n) is 1.88. The van der Waals surface area contributed by atoms with E-state index in [1.807, 2.05) is 6.92 Å². The second-order valence-electron chi connectivity index (χ2n) is 4.11. The number of ether oxygens (including phenoxy) is 2. The maximum Gasteiger partial charge on any atom is 0.180 e. The van der Waals surface area contributed by atoms with Crippen molar-refractivity contribution in [2.45, 2.75) is 13.3 Å². The van der Waals surface area contributed by atoms with Gasteiger partial charge < -0.3 is 9.47 Å². The molecule has 1 heterocycles. The largest absolute Gasteiger partial charge is 0.493 e. The number of methoxy groups -OCH3 is 2. The van der Waals surface area contributed by atoms with E-state index < -0.39 is 0 Å². The Morgan fingerprint density at radius 2 is 1.86 bits per heavy atom. The molecule has 0 spiro atoms. The number of aryl methyl sites for hydroxylation is 1. The Labute approximate surface area is 141 Å². The van der Waals surface area contributed by atoms with E-state index in [1.54, 1.807) is 19.2 Å². The van der Waals surface area contributed by atoms with Crippen molar-refractivity contribution in [1.29, 1.82) is 0 Å². The van der Waals surface area contributed by atoms with Crippen molar-refractivity contribution in [3.8, 4) is 22.9 Å². The van der Waals surface area contributed by atoms with Gasteiger partial charge in [-0.05, 0) is 34.5 Å². The van der Waals surface area contributed by atoms with Gasteiger partial charge in [-0.2, -0.15) is 0 Å². The summed E-state index contributed by atoms with van der Waals surface area (Å²) in [7, 11) is 3.08. The number of aromatic nitrogens is 2. The van der Waals surface area contributed by atoms with Gasteiger partial charge in [-0.3, -0.25) is 0 Å². The highest BCUT2D eigenvalue weighted by Crippen LogP contribution is 2.41. The minimum Gasteiger partial charge on any atom is -0.493 e. The third kappa shape index (κ3) is 3.10. The average Bonchev–Trinajstić information content (AvgIpc) is 2.49. The van der Waals surface area contributed by atoms with Crippen molar-refractivity contribution in [1.82, 2.24) is 9.97 Å². The van der Waals surface area contributed by atoms with Crippen LogP contribution in [0.15, 0.2) is 16.6 Å². The molecule has 0 atom stereocenters. The molecule has 0 amide bonds. The monoisotopic (exact) mass is 390 g/mol. The van der Waals surface area contributed by atoms with E-state index in [1.165, 1.54) is 7.11 Å². The Morgan fingerprint density at radius 3 is 2.43 bits per heavy atom. The highest BCUT2D eigenvalue weighted by molar-refractivity contribution is 9.10. The molecule has 0 bridgehead atoms. The van der Waals surface area contributed by atoms with Crippen molar-refractivity contribution in [3.63, 3.8) is 0 Å². The first-order valence-corrected chi connectivity index (χ1v) is 7.71. The van der Waals surface area contributed by atoms with Gasteiger partial charge in [0, 0.05) is 5.56 Å². The molecule has 7 heteroatoms. The average molecular weight is 392 g/mol. The van der Waals surface area contributed by atoms with Crippen LogP contribution in [0.2, 0.25) is 10.2 Å². The fraction of sp³-hybridized carbons (Fsp3) is 0.286. The molecule has 0 aliphatic rings. The summed E-state index contributed by atoms with van der Waals surface area (Å²) in [5.74, 6) is 1.44. The fourth-order valence-corrected chi connectivity index (χ4v) is 2.84. The van der Waals surface area contributed by atoms with Gasteiger partial charge in [0.2, 0.25) is 0 Å². The van der Waals surface area contributed by atoms with Gasteiger partial charge in [0.1, 0.15) is 5.15 Å². The van der Waals surface area contributed by atoms with Gasteiger partial charge >= 0.3 is 0 Å². The van der Waals surface area contributed by atoms with Gasteiger partial charge in [-0.25, -0.2) is 9.97 Å². The number of hydrogen-bond acceptors (Lipinski definition) is 4. The van der Waals surface area contributed by atoms with Crippen LogP contribution in [0.25, 0.3) is 11.4 Å². The minimum absolute atomic E-state index is 0.350. The summed E-state index contributed by atoms with van der Waals surface area (Å²) in [6.45, 7) is 1.99. The van der Waals surface area contributed by atoms with Crippen molar-refractivity contribution in [2.24, 2.45) is 0 Å². The molecule has 0 aliphatic carbocycles. The van der Waals surface area contributed by atoms with Gasteiger partial charge in [0.05, 0.1) is 29.4 Å². The lowest BCUT2D eigenvalue weighted by Gasteiger charge is -2.13. The topological polar surface area (TPSA) is 44.2 Å². The molecule has 112 valence electrons. The molecular formula is C14H13BrCl2N2O2. The second kappa shape index (κ2) is 6.81. The Morgan fingerprint density at radius 1 is 1.14 bits per heavy atom. The van der Waals surface area contributed by atoms with Crippen LogP contribution in [0, 0.1) is 0 Å². The van der Waals surface area contributed by atoms with E-state index in [0.717, 1.165) is 12.1 Å². The molecule has 4 nitrogen and oxygen atoms in total. The first-order chi connectivity index (χ1) is 10.0. The molecule has 0 N–H and O–H groups in total. The summed E-state index contributed by atoms with van der Waals surface area (Å²) in [4.78, 5) is 8.76. The van der Waals surface area contributed by atoms with Crippen molar-refractivity contribution >= 4 is 39.1 Å². The van der Waals surface area contributed by atoms with E-state index in [2.05, 4.69) is 25.9 Å². The zero-order chi connectivity index (χ0) is 15.6. The van der Waals surface area contributed by atoms with Crippen LogP contribution in [-0.2, 0) is 6.42 Å². The summed E-state index contributed by atoms with van der Waals surface area (Å²) in [5, 5.41) is 0.736. The lowest BCUT2D eigenvalue weighted by molar-refractivity contribution is 0.355. The molecule has 2 aromatic rings. The summed E-state index contributed by atoms with van der Waals surface area (Å²) in [6.07, 6.45) is 0.723. The maximum atomic E-state index is 6.38. The molecule has 0 unspecified atom stereocenters. The van der Waals surface area contributed by atoms with Crippen LogP contribution in [-0.4, -0.2) is 24.2 Å². The Balaban J connectivity index is 2.65. The summed E-state index contributed by atoms with van der Waals surface area (Å²) >= 11 is 15.9. The zero-order valence-corrected chi connectivity index (χ0v) is 14.8. The molecule has 0 aliphatic heterocycles. The van der Waals surface area contributed by atoms with Crippen molar-refractivity contribution < 1.29 is 9.47 Å². The van der Waals surface area contributed by atoms with E-state index in [-0.39, 0.29) is 0 Å². The molecule has 2 rings (SSSR count). The highest BCUT2D eigenvalue weighted by Gasteiger charge is 2.18. The van der Waals surface area contributed by atoms with E-state index in [4.69, 9.17) is 32.7 Å². The number of halogens is 3. The van der Waals surface area contributed by atoms with Crippen molar-refractivity contribution in [3.05, 3.63) is 32.5 Å². The Hall–Kier alpha value is -1.04. The van der Waals surface area contributed by atoms with Gasteiger partial charge in [-0.15, -0.1) is 0 Å². The van der Waals surface area contributed by atoms with Crippen LogP contribution in [0.1, 0.15) is 12.6 Å². The smallest absolute Gasteiger partial charge is 0.180 e. The van der Waals surface area contributed by atoms with E-state index >= 15 is 0 Å². The second-order valence-corrected chi connectivity index (χ2v) is 5.64. The molecule has 0 radical (unpaired) electrons. The van der Waals surface area contributed by atoms with Gasteiger partial charge in [0.15, 0.2) is 17.3 Å². The molecule has 0 fully saturated rings. The molecule has 1 aromatic heterocycles. The predicted octanol–water partition coefficient (Wildman–Crippen LogP) is 4.79. The molecule has 1 aromatic carbocycles. The normalized spacial score (nSPS) is 10.6. The van der Waals surface area contributed by atoms with Gasteiger partial charge in [-0.1, -0.05) is 30.1 Å². The first kappa shape index (κ1) is 16.3. The predicted molar refractivity (Wildman–Crippen MR) is 87.7 cm³/mol. The van der Waals surface area contributed by atoms with Crippen LogP contribution in [0.4, 0.5) is 0 Å². The van der Waals surface area contributed by atoms with E-state index in [9.17, 15) is 0 Å². The highest BCUT2D eigenvalue weighted by atomic mass is 79.9. The third-order valence-corrected chi connectivity index (χ3v) is 4.65. The summed E-state index contributed by atoms with van der Waals surface area (Å²) in [5.41, 5.74) is 1.45. The SMILES string of the molecule is CCc1nc(-c2ccc(OC)c(OC)c2Cl)nc(Cl)c1Br. The lowest BCUT2D eigenvalue weighted by Crippen LogP contribution is -1.99. The van der Waals surface area contributed by atoms with Crippen LogP contribution < -0.4 is 9.47 Å². The van der Waals surface area contributed by atoms with Crippen LogP contribution >= 0.6 is 39.1 Å². The number of benzene rings is 1. The zero-order valence-electron chi connectivity index (χ0n) is 11.7. The molecule has 0 saturated heterocycles. The lowest BCUT2D eigenvalue weighted by atomic mass is 10.1. The van der Waals surface area contributed by atoms with E-state index in [0.29, 0.717) is 37.5 Å². The van der Waals surface area contributed by atoms with Crippen molar-refractivity contribution in [2.75, 3.05) is 14.2 Å². The van der Waals surface area contributed by atoms with Crippen LogP contribution in [0.3, 0.4) is 0 Å². The minimum atomic E-state index is 0.350. The van der Waals surface area contributed by atoms with Crippen LogP contribution in [0.5, 0.6) is 11.5 Å². The summed E-state index contributed by atoms with van der Waals surface area (Å²) < 4.78 is 11.2. The first-order valence-electron chi connectivity index (χ1n) is 6.16. The standard InChI is InChI=1S/C14H13BrCl2N2O2/c1-4-8-10(15)13(17)19-14(18-8)7-5-6-9(20-2)12(21-3)11(7)16/h5-6H,4H2,1-3H3.